The van der Waals surface area contributed by atoms with Crippen LogP contribution in [-0.4, -0.2) is 70.5 Å². The maximum Gasteiger partial charge on any atom is 0.267 e. The summed E-state index contributed by atoms with van der Waals surface area (Å²) in [4.78, 5) is 36.0. The molecule has 0 aliphatic carbocycles. The third-order valence-corrected chi connectivity index (χ3v) is 6.28. The second kappa shape index (κ2) is 9.43. The quantitative estimate of drug-likeness (QED) is 0.571. The first-order chi connectivity index (χ1) is 16.6. The van der Waals surface area contributed by atoms with Gasteiger partial charge < -0.3 is 24.5 Å². The lowest BCUT2D eigenvalue weighted by Gasteiger charge is -2.46. The molecule has 2 aliphatic rings. The molecule has 0 saturated carbocycles. The smallest absolute Gasteiger partial charge is 0.267 e. The minimum atomic E-state index is -0.715. The number of pyridine rings is 1. The summed E-state index contributed by atoms with van der Waals surface area (Å²) in [6.07, 6.45) is 0.964. The average Bonchev–Trinajstić information content (AvgIpc) is 2.88. The average molecular weight is 459 g/mol. The number of benzene rings is 2. The number of anilines is 1. The van der Waals surface area contributed by atoms with Crippen molar-refractivity contribution in [3.05, 3.63) is 84.7 Å². The van der Waals surface area contributed by atoms with E-state index >= 15 is 0 Å². The Kier molecular flexibility index (Phi) is 6.03. The molecule has 5 rings (SSSR count). The molecule has 34 heavy (non-hydrogen) atoms. The number of ether oxygens (including phenoxy) is 1. The van der Waals surface area contributed by atoms with Gasteiger partial charge in [-0.3, -0.25) is 14.6 Å². The number of amides is 2. The van der Waals surface area contributed by atoms with Crippen molar-refractivity contribution in [2.24, 2.45) is 0 Å². The van der Waals surface area contributed by atoms with E-state index in [1.807, 2.05) is 60.7 Å². The molecule has 0 spiro atoms. The van der Waals surface area contributed by atoms with Crippen molar-refractivity contribution in [2.45, 2.75) is 12.1 Å². The summed E-state index contributed by atoms with van der Waals surface area (Å²) in [6, 6.07) is 21.4. The van der Waals surface area contributed by atoms with Crippen LogP contribution in [0.15, 0.2) is 79.0 Å². The molecule has 2 saturated heterocycles. The number of hydrogen-bond donors (Lipinski definition) is 1. The van der Waals surface area contributed by atoms with Crippen LogP contribution in [0.2, 0.25) is 0 Å². The fraction of sp³-hybridized carbons (Fsp3) is 0.269. The first-order valence-corrected chi connectivity index (χ1v) is 11.3. The predicted molar refractivity (Wildman–Crippen MR) is 126 cm³/mol. The number of hydrogen-bond acceptors (Lipinski definition) is 6. The zero-order valence-electron chi connectivity index (χ0n) is 18.7. The Morgan fingerprint density at radius 3 is 2.44 bits per heavy atom. The Hall–Kier alpha value is -4.07. The monoisotopic (exact) mass is 458 g/mol. The number of piperazine rings is 1. The molecule has 3 aromatic rings. The minimum absolute atomic E-state index is 0.0130. The van der Waals surface area contributed by atoms with E-state index in [4.69, 9.17) is 4.74 Å². The van der Waals surface area contributed by atoms with Gasteiger partial charge in [0.25, 0.3) is 5.91 Å². The zero-order chi connectivity index (χ0) is 23.5. The van der Waals surface area contributed by atoms with Gasteiger partial charge in [-0.1, -0.05) is 30.3 Å². The number of nitrogens with zero attached hydrogens (tertiary/aromatic N) is 4. The molecule has 2 atom stereocenters. The van der Waals surface area contributed by atoms with Crippen LogP contribution in [0.1, 0.15) is 11.7 Å². The number of phenolic OH excluding ortho intramolecular Hbond substituents is 1. The number of β-lactam (4-membered cyclic amide) rings is 1. The predicted octanol–water partition coefficient (Wildman–Crippen LogP) is 2.47. The Balaban J connectivity index is 1.25. The van der Waals surface area contributed by atoms with Crippen LogP contribution in [0.5, 0.6) is 11.5 Å². The highest BCUT2D eigenvalue weighted by molar-refractivity contribution is 5.93. The highest BCUT2D eigenvalue weighted by atomic mass is 16.5. The number of carbonyl (C=O) groups excluding carboxylic acids is 2. The molecule has 2 amide bonds. The normalized spacial score (nSPS) is 20.1. The zero-order valence-corrected chi connectivity index (χ0v) is 18.7. The van der Waals surface area contributed by atoms with Gasteiger partial charge in [-0.05, 0) is 36.4 Å². The maximum absolute atomic E-state index is 13.1. The lowest BCUT2D eigenvalue weighted by Crippen LogP contribution is -2.64. The molecule has 2 aromatic carbocycles. The Morgan fingerprint density at radius 2 is 1.74 bits per heavy atom. The molecule has 0 bridgehead atoms. The van der Waals surface area contributed by atoms with E-state index in [0.29, 0.717) is 37.6 Å². The molecule has 8 heteroatoms. The second-order valence-electron chi connectivity index (χ2n) is 8.40. The van der Waals surface area contributed by atoms with Crippen LogP contribution >= 0.6 is 0 Å². The van der Waals surface area contributed by atoms with Gasteiger partial charge in [-0.25, -0.2) is 0 Å². The van der Waals surface area contributed by atoms with Crippen molar-refractivity contribution in [1.82, 2.24) is 14.8 Å². The standard InChI is InChI=1S/C26H26N4O4/c31-20-8-6-7-19(17-20)28-13-15-29(16-14-28)23(32)18-30-24(22-11-4-5-12-27-22)25(26(30)33)34-21-9-2-1-3-10-21/h1-12,17,24-25,31H,13-16,18H2. The van der Waals surface area contributed by atoms with E-state index in [-0.39, 0.29) is 24.1 Å². The molecular weight excluding hydrogens is 432 g/mol. The van der Waals surface area contributed by atoms with E-state index in [2.05, 4.69) is 9.88 Å². The number of likely N-dealkylation sites (tertiary alicyclic amines) is 1. The lowest BCUT2D eigenvalue weighted by molar-refractivity contribution is -0.168. The van der Waals surface area contributed by atoms with Crippen molar-refractivity contribution < 1.29 is 19.4 Å². The molecule has 3 heterocycles. The molecule has 2 aliphatic heterocycles. The first kappa shape index (κ1) is 21.8. The number of carbonyl (C=O) groups is 2. The third-order valence-electron chi connectivity index (χ3n) is 6.28. The molecule has 0 radical (unpaired) electrons. The molecule has 2 fully saturated rings. The maximum atomic E-state index is 13.1. The van der Waals surface area contributed by atoms with Crippen LogP contribution in [0.25, 0.3) is 0 Å². The Bertz CT molecular complexity index is 1150. The lowest BCUT2D eigenvalue weighted by atomic mass is 9.93. The van der Waals surface area contributed by atoms with E-state index in [1.165, 1.54) is 0 Å². The molecule has 1 aromatic heterocycles. The highest BCUT2D eigenvalue weighted by Crippen LogP contribution is 2.36. The molecule has 8 nitrogen and oxygen atoms in total. The summed E-state index contributed by atoms with van der Waals surface area (Å²) >= 11 is 0. The van der Waals surface area contributed by atoms with Gasteiger partial charge in [-0.2, -0.15) is 0 Å². The molecular formula is C26H26N4O4. The SMILES string of the molecule is O=C(CN1C(=O)C(Oc2ccccc2)C1c1ccccn1)N1CCN(c2cccc(O)c2)CC1. The second-order valence-corrected chi connectivity index (χ2v) is 8.40. The summed E-state index contributed by atoms with van der Waals surface area (Å²) in [6.45, 7) is 2.41. The summed E-state index contributed by atoms with van der Waals surface area (Å²) in [5, 5.41) is 9.73. The Morgan fingerprint density at radius 1 is 0.971 bits per heavy atom. The van der Waals surface area contributed by atoms with Crippen LogP contribution < -0.4 is 9.64 Å². The van der Waals surface area contributed by atoms with Crippen molar-refractivity contribution in [2.75, 3.05) is 37.6 Å². The summed E-state index contributed by atoms with van der Waals surface area (Å²) in [5.74, 6) is 0.519. The number of para-hydroxylation sites is 1. The summed E-state index contributed by atoms with van der Waals surface area (Å²) in [5.41, 5.74) is 1.63. The largest absolute Gasteiger partial charge is 0.508 e. The number of phenols is 1. The summed E-state index contributed by atoms with van der Waals surface area (Å²) in [7, 11) is 0. The third kappa shape index (κ3) is 4.39. The van der Waals surface area contributed by atoms with Crippen molar-refractivity contribution >= 4 is 17.5 Å². The van der Waals surface area contributed by atoms with Gasteiger partial charge >= 0.3 is 0 Å². The van der Waals surface area contributed by atoms with E-state index in [1.54, 1.807) is 28.1 Å². The van der Waals surface area contributed by atoms with Crippen LogP contribution in [0.4, 0.5) is 5.69 Å². The molecule has 2 unspecified atom stereocenters. The molecule has 1 N–H and O–H groups in total. The van der Waals surface area contributed by atoms with Gasteiger partial charge in [0.05, 0.1) is 5.69 Å². The summed E-state index contributed by atoms with van der Waals surface area (Å²) < 4.78 is 5.98. The number of aromatic nitrogens is 1. The van der Waals surface area contributed by atoms with Crippen LogP contribution in [-0.2, 0) is 9.59 Å². The van der Waals surface area contributed by atoms with Gasteiger partial charge in [0.2, 0.25) is 12.0 Å². The number of rotatable bonds is 6. The van der Waals surface area contributed by atoms with E-state index in [9.17, 15) is 14.7 Å². The van der Waals surface area contributed by atoms with Gasteiger partial charge in [-0.15, -0.1) is 0 Å². The van der Waals surface area contributed by atoms with Crippen molar-refractivity contribution in [1.29, 1.82) is 0 Å². The van der Waals surface area contributed by atoms with Crippen molar-refractivity contribution in [3.63, 3.8) is 0 Å². The Labute approximate surface area is 198 Å². The van der Waals surface area contributed by atoms with Gasteiger partial charge in [0, 0.05) is 44.1 Å². The van der Waals surface area contributed by atoms with E-state index in [0.717, 1.165) is 5.69 Å². The van der Waals surface area contributed by atoms with Crippen LogP contribution in [0, 0.1) is 0 Å². The fourth-order valence-corrected chi connectivity index (χ4v) is 4.47. The topological polar surface area (TPSA) is 86.2 Å². The minimum Gasteiger partial charge on any atom is -0.508 e. The molecule has 174 valence electrons. The highest BCUT2D eigenvalue weighted by Gasteiger charge is 2.51. The van der Waals surface area contributed by atoms with Gasteiger partial charge in [0.15, 0.2) is 0 Å². The van der Waals surface area contributed by atoms with Gasteiger partial charge in [0.1, 0.15) is 24.1 Å². The first-order valence-electron chi connectivity index (χ1n) is 11.3. The van der Waals surface area contributed by atoms with Crippen LogP contribution in [0.3, 0.4) is 0 Å². The number of aromatic hydroxyl groups is 1. The van der Waals surface area contributed by atoms with Crippen molar-refractivity contribution in [3.8, 4) is 11.5 Å². The van der Waals surface area contributed by atoms with E-state index < -0.39 is 12.1 Å². The fourth-order valence-electron chi connectivity index (χ4n) is 4.47.